The molecule has 178 valence electrons. The predicted molar refractivity (Wildman–Crippen MR) is 138 cm³/mol. The molecule has 0 saturated carbocycles. The number of nitrogens with one attached hydrogen (secondary N) is 2. The van der Waals surface area contributed by atoms with Crippen LogP contribution in [0.15, 0.2) is 53.6 Å². The first-order chi connectivity index (χ1) is 16.0. The highest BCUT2D eigenvalue weighted by atomic mass is 35.5. The van der Waals surface area contributed by atoms with E-state index in [1.54, 1.807) is 24.3 Å². The van der Waals surface area contributed by atoms with Crippen molar-refractivity contribution in [3.8, 4) is 0 Å². The van der Waals surface area contributed by atoms with Crippen molar-refractivity contribution >= 4 is 34.8 Å². The number of carbonyl (C=O) groups is 2. The lowest BCUT2D eigenvalue weighted by atomic mass is 10.1. The van der Waals surface area contributed by atoms with Crippen molar-refractivity contribution in [2.45, 2.75) is 78.1 Å². The highest BCUT2D eigenvalue weighted by molar-refractivity contribution is 6.30. The Balaban J connectivity index is 1.68. The zero-order valence-electron chi connectivity index (χ0n) is 19.8. The van der Waals surface area contributed by atoms with Gasteiger partial charge in [0.2, 0.25) is 5.91 Å². The highest BCUT2D eigenvalue weighted by Gasteiger charge is 2.07. The quantitative estimate of drug-likeness (QED) is 0.172. The number of rotatable bonds is 14. The molecule has 2 rings (SSSR count). The van der Waals surface area contributed by atoms with Crippen LogP contribution < -0.4 is 10.7 Å². The maximum Gasteiger partial charge on any atom is 0.255 e. The van der Waals surface area contributed by atoms with E-state index in [9.17, 15) is 9.59 Å². The number of hydrogen-bond donors (Lipinski definition) is 2. The van der Waals surface area contributed by atoms with Gasteiger partial charge in [-0.05, 0) is 55.3 Å². The second kappa shape index (κ2) is 15.2. The molecule has 5 nitrogen and oxygen atoms in total. The van der Waals surface area contributed by atoms with Crippen LogP contribution in [-0.4, -0.2) is 17.5 Å². The van der Waals surface area contributed by atoms with E-state index in [0.29, 0.717) is 28.4 Å². The summed E-state index contributed by atoms with van der Waals surface area (Å²) in [6.45, 7) is 4.08. The first-order valence-corrected chi connectivity index (χ1v) is 12.4. The maximum atomic E-state index is 12.3. The van der Waals surface area contributed by atoms with E-state index >= 15 is 0 Å². The summed E-state index contributed by atoms with van der Waals surface area (Å²) in [6.07, 6.45) is 11.6. The minimum atomic E-state index is -0.200. The molecule has 0 unspecified atom stereocenters. The van der Waals surface area contributed by atoms with Crippen molar-refractivity contribution in [1.82, 2.24) is 5.43 Å². The van der Waals surface area contributed by atoms with Crippen molar-refractivity contribution < 1.29 is 9.59 Å². The van der Waals surface area contributed by atoms with Crippen LogP contribution in [0.1, 0.15) is 94.0 Å². The molecular weight excluding hydrogens is 434 g/mol. The SMILES string of the molecule is CCCCCCCCCCCC(=O)NN=C(C)c1ccc(NC(=O)c2ccc(Cl)cc2)cc1. The van der Waals surface area contributed by atoms with E-state index < -0.39 is 0 Å². The van der Waals surface area contributed by atoms with Crippen molar-refractivity contribution in [3.63, 3.8) is 0 Å². The number of nitrogens with zero attached hydrogens (tertiary/aromatic N) is 1. The summed E-state index contributed by atoms with van der Waals surface area (Å²) in [5, 5.41) is 7.66. The van der Waals surface area contributed by atoms with E-state index in [1.807, 2.05) is 31.2 Å². The fraction of sp³-hybridized carbons (Fsp3) is 0.444. The second-order valence-corrected chi connectivity index (χ2v) is 8.79. The van der Waals surface area contributed by atoms with Gasteiger partial charge >= 0.3 is 0 Å². The van der Waals surface area contributed by atoms with Gasteiger partial charge in [-0.3, -0.25) is 9.59 Å². The van der Waals surface area contributed by atoms with Gasteiger partial charge in [0.15, 0.2) is 0 Å². The molecule has 0 radical (unpaired) electrons. The average molecular weight is 470 g/mol. The van der Waals surface area contributed by atoms with E-state index in [1.165, 1.54) is 44.9 Å². The van der Waals surface area contributed by atoms with Crippen LogP contribution >= 0.6 is 11.6 Å². The summed E-state index contributed by atoms with van der Waals surface area (Å²) in [6, 6.07) is 14.1. The first-order valence-electron chi connectivity index (χ1n) is 12.0. The molecule has 2 amide bonds. The number of anilines is 1. The lowest BCUT2D eigenvalue weighted by molar-refractivity contribution is -0.121. The summed E-state index contributed by atoms with van der Waals surface area (Å²) >= 11 is 5.86. The maximum absolute atomic E-state index is 12.3. The lowest BCUT2D eigenvalue weighted by Gasteiger charge is -2.07. The number of carbonyl (C=O) groups excluding carboxylic acids is 2. The molecule has 0 fully saturated rings. The molecule has 0 saturated heterocycles. The molecule has 0 atom stereocenters. The average Bonchev–Trinajstić information content (AvgIpc) is 2.82. The van der Waals surface area contributed by atoms with Gasteiger partial charge in [-0.1, -0.05) is 82.0 Å². The summed E-state index contributed by atoms with van der Waals surface area (Å²) in [5.41, 5.74) is 5.46. The van der Waals surface area contributed by atoms with Gasteiger partial charge in [0.25, 0.3) is 5.91 Å². The van der Waals surface area contributed by atoms with Crippen molar-refractivity contribution in [2.24, 2.45) is 5.10 Å². The molecule has 0 aliphatic carbocycles. The molecule has 2 N–H and O–H groups in total. The highest BCUT2D eigenvalue weighted by Crippen LogP contribution is 2.14. The molecule has 6 heteroatoms. The molecule has 2 aromatic carbocycles. The third kappa shape index (κ3) is 10.7. The van der Waals surface area contributed by atoms with Crippen LogP contribution in [0.3, 0.4) is 0 Å². The Kier molecular flexibility index (Phi) is 12.3. The van der Waals surface area contributed by atoms with Crippen LogP contribution in [0.5, 0.6) is 0 Å². The van der Waals surface area contributed by atoms with E-state index in [0.717, 1.165) is 18.4 Å². The molecule has 0 aliphatic rings. The van der Waals surface area contributed by atoms with Crippen LogP contribution in [0.4, 0.5) is 5.69 Å². The van der Waals surface area contributed by atoms with Gasteiger partial charge in [-0.25, -0.2) is 5.43 Å². The molecule has 0 aromatic heterocycles. The third-order valence-electron chi connectivity index (χ3n) is 5.52. The summed E-state index contributed by atoms with van der Waals surface area (Å²) in [5.74, 6) is -0.252. The Labute approximate surface area is 203 Å². The fourth-order valence-electron chi connectivity index (χ4n) is 3.46. The molecule has 33 heavy (non-hydrogen) atoms. The lowest BCUT2D eigenvalue weighted by Crippen LogP contribution is -2.18. The summed E-state index contributed by atoms with van der Waals surface area (Å²) < 4.78 is 0. The normalized spacial score (nSPS) is 11.3. The molecule has 2 aromatic rings. The summed E-state index contributed by atoms with van der Waals surface area (Å²) in [7, 11) is 0. The van der Waals surface area contributed by atoms with Gasteiger partial charge in [0, 0.05) is 22.7 Å². The number of hydrazone groups is 1. The molecule has 0 bridgehead atoms. The van der Waals surface area contributed by atoms with Gasteiger partial charge in [0.05, 0.1) is 5.71 Å². The van der Waals surface area contributed by atoms with Crippen molar-refractivity contribution in [3.05, 3.63) is 64.7 Å². The Hall–Kier alpha value is -2.66. The molecular formula is C27H36ClN3O2. The topological polar surface area (TPSA) is 70.6 Å². The van der Waals surface area contributed by atoms with Gasteiger partial charge in [0.1, 0.15) is 0 Å². The van der Waals surface area contributed by atoms with Crippen molar-refractivity contribution in [1.29, 1.82) is 0 Å². The van der Waals surface area contributed by atoms with Gasteiger partial charge in [-0.15, -0.1) is 0 Å². The van der Waals surface area contributed by atoms with Crippen LogP contribution in [0.2, 0.25) is 5.02 Å². The zero-order chi connectivity index (χ0) is 23.9. The minimum absolute atomic E-state index is 0.0517. The van der Waals surface area contributed by atoms with E-state index in [2.05, 4.69) is 22.8 Å². The molecule has 0 heterocycles. The standard InChI is InChI=1S/C27H36ClN3O2/c1-3-4-5-6-7-8-9-10-11-12-26(32)31-30-21(2)22-15-19-25(20-16-22)29-27(33)23-13-17-24(28)18-14-23/h13-20H,3-12H2,1-2H3,(H,29,33)(H,31,32). The minimum Gasteiger partial charge on any atom is -0.322 e. The monoisotopic (exact) mass is 469 g/mol. The smallest absolute Gasteiger partial charge is 0.255 e. The molecule has 0 spiro atoms. The van der Waals surface area contributed by atoms with Crippen molar-refractivity contribution in [2.75, 3.05) is 5.32 Å². The van der Waals surface area contributed by atoms with E-state index in [4.69, 9.17) is 11.6 Å². The van der Waals surface area contributed by atoms with Gasteiger partial charge in [-0.2, -0.15) is 5.10 Å². The van der Waals surface area contributed by atoms with Gasteiger partial charge < -0.3 is 5.32 Å². The van der Waals surface area contributed by atoms with Crippen LogP contribution in [-0.2, 0) is 4.79 Å². The summed E-state index contributed by atoms with van der Waals surface area (Å²) in [4.78, 5) is 24.3. The number of halogens is 1. The Morgan fingerprint density at radius 3 is 1.94 bits per heavy atom. The Bertz CT molecular complexity index is 893. The Morgan fingerprint density at radius 1 is 0.788 bits per heavy atom. The fourth-order valence-corrected chi connectivity index (χ4v) is 3.59. The Morgan fingerprint density at radius 2 is 1.33 bits per heavy atom. The number of unbranched alkanes of at least 4 members (excludes halogenated alkanes) is 8. The predicted octanol–water partition coefficient (Wildman–Crippen LogP) is 7.35. The number of benzene rings is 2. The largest absolute Gasteiger partial charge is 0.322 e. The third-order valence-corrected chi connectivity index (χ3v) is 5.77. The number of hydrogen-bond acceptors (Lipinski definition) is 3. The van der Waals surface area contributed by atoms with Crippen LogP contribution in [0, 0.1) is 0 Å². The van der Waals surface area contributed by atoms with E-state index in [-0.39, 0.29) is 11.8 Å². The van der Waals surface area contributed by atoms with Crippen LogP contribution in [0.25, 0.3) is 0 Å². The second-order valence-electron chi connectivity index (χ2n) is 8.35. The number of amides is 2. The molecule has 0 aliphatic heterocycles. The zero-order valence-corrected chi connectivity index (χ0v) is 20.6. The first kappa shape index (κ1) is 26.6.